The summed E-state index contributed by atoms with van der Waals surface area (Å²) in [5.41, 5.74) is 2.90. The second-order valence-electron chi connectivity index (χ2n) is 4.50. The first-order valence-corrected chi connectivity index (χ1v) is 7.25. The molecule has 0 fully saturated rings. The van der Waals surface area contributed by atoms with Crippen molar-refractivity contribution in [1.82, 2.24) is 4.98 Å². The van der Waals surface area contributed by atoms with Crippen LogP contribution in [-0.4, -0.2) is 4.98 Å². The third kappa shape index (κ3) is 2.67. The van der Waals surface area contributed by atoms with Crippen molar-refractivity contribution in [2.24, 2.45) is 0 Å². The topological polar surface area (TPSA) is 27.8 Å². The molecule has 0 unspecified atom stereocenters. The van der Waals surface area contributed by atoms with Gasteiger partial charge in [-0.15, -0.1) is 0 Å². The number of fused-ring (bicyclic) bond motifs is 1. The number of anilines is 1. The van der Waals surface area contributed by atoms with Gasteiger partial charge < -0.3 is 10.3 Å². The van der Waals surface area contributed by atoms with Gasteiger partial charge in [0.1, 0.15) is 5.82 Å². The van der Waals surface area contributed by atoms with E-state index in [2.05, 4.69) is 44.4 Å². The molecule has 0 aliphatic carbocycles. The number of aromatic amines is 1. The van der Waals surface area contributed by atoms with Crippen LogP contribution in [0.25, 0.3) is 10.9 Å². The number of nitrogens with one attached hydrogen (secondary N) is 2. The molecule has 0 aliphatic rings. The Kier molecular flexibility index (Phi) is 3.68. The minimum absolute atomic E-state index is 0.359. The van der Waals surface area contributed by atoms with Gasteiger partial charge in [0.25, 0.3) is 0 Å². The van der Waals surface area contributed by atoms with Crippen molar-refractivity contribution in [3.05, 3.63) is 63.5 Å². The van der Waals surface area contributed by atoms with Crippen molar-refractivity contribution < 1.29 is 4.39 Å². The van der Waals surface area contributed by atoms with Gasteiger partial charge in [-0.3, -0.25) is 0 Å². The van der Waals surface area contributed by atoms with Gasteiger partial charge in [0, 0.05) is 22.7 Å². The average molecular weight is 354 g/mol. The third-order valence-corrected chi connectivity index (χ3v) is 4.02. The predicted octanol–water partition coefficient (Wildman–Crippen LogP) is 5.34. The normalized spacial score (nSPS) is 10.9. The molecule has 20 heavy (non-hydrogen) atoms. The van der Waals surface area contributed by atoms with E-state index in [1.165, 1.54) is 17.5 Å². The van der Waals surface area contributed by atoms with Gasteiger partial charge in [-0.1, -0.05) is 23.7 Å². The number of benzene rings is 2. The summed E-state index contributed by atoms with van der Waals surface area (Å²) in [4.78, 5) is 3.18. The summed E-state index contributed by atoms with van der Waals surface area (Å²) in [5.74, 6) is -0.361. The maximum Gasteiger partial charge on any atom is 0.125 e. The first kappa shape index (κ1) is 13.5. The summed E-state index contributed by atoms with van der Waals surface area (Å²) in [6, 6.07) is 10.9. The van der Waals surface area contributed by atoms with E-state index in [0.29, 0.717) is 21.7 Å². The predicted molar refractivity (Wildman–Crippen MR) is 84.7 cm³/mol. The van der Waals surface area contributed by atoms with Crippen molar-refractivity contribution in [3.63, 3.8) is 0 Å². The lowest BCUT2D eigenvalue weighted by molar-refractivity contribution is 0.627. The fraction of sp³-hybridized carbons (Fsp3) is 0.0667. The number of H-pyrrole nitrogens is 1. The van der Waals surface area contributed by atoms with Gasteiger partial charge >= 0.3 is 0 Å². The molecular formula is C15H11BrClFN2. The quantitative estimate of drug-likeness (QED) is 0.654. The smallest absolute Gasteiger partial charge is 0.125 e. The molecule has 1 aromatic heterocycles. The van der Waals surface area contributed by atoms with E-state index in [4.69, 9.17) is 11.6 Å². The molecule has 1 heterocycles. The lowest BCUT2D eigenvalue weighted by atomic mass is 10.1. The Hall–Kier alpha value is -1.52. The Bertz CT molecular complexity index is 746. The summed E-state index contributed by atoms with van der Waals surface area (Å²) < 4.78 is 13.8. The Labute approximate surface area is 129 Å². The van der Waals surface area contributed by atoms with Gasteiger partial charge in [-0.25, -0.2) is 4.39 Å². The van der Waals surface area contributed by atoms with Crippen LogP contribution in [0.4, 0.5) is 10.1 Å². The molecule has 0 aliphatic heterocycles. The van der Waals surface area contributed by atoms with Crippen LogP contribution in [0.2, 0.25) is 5.02 Å². The Morgan fingerprint density at radius 1 is 1.20 bits per heavy atom. The largest absolute Gasteiger partial charge is 0.379 e. The highest BCUT2D eigenvalue weighted by Crippen LogP contribution is 2.32. The molecule has 3 aromatic rings. The Balaban J connectivity index is 1.82. The Morgan fingerprint density at radius 2 is 2.05 bits per heavy atom. The van der Waals surface area contributed by atoms with Gasteiger partial charge in [-0.2, -0.15) is 0 Å². The molecular weight excluding hydrogens is 343 g/mol. The van der Waals surface area contributed by atoms with Crippen LogP contribution in [0.5, 0.6) is 0 Å². The van der Waals surface area contributed by atoms with Gasteiger partial charge in [0.15, 0.2) is 0 Å². The molecule has 3 rings (SSSR count). The number of hydrogen-bond donors (Lipinski definition) is 2. The Morgan fingerprint density at radius 3 is 2.85 bits per heavy atom. The zero-order valence-electron chi connectivity index (χ0n) is 10.4. The second kappa shape index (κ2) is 5.46. The molecule has 2 aromatic carbocycles. The standard InChI is InChI=1S/C15H11BrClFN2/c16-12-6-11(18)7-13(17)15(12)20-8-9-1-2-10-3-4-19-14(10)5-9/h1-7,19-20H,8H2. The van der Waals surface area contributed by atoms with E-state index in [9.17, 15) is 4.39 Å². The monoisotopic (exact) mass is 352 g/mol. The SMILES string of the molecule is Fc1cc(Cl)c(NCc2ccc3cc[nH]c3c2)c(Br)c1. The van der Waals surface area contributed by atoms with Crippen LogP contribution in [0.15, 0.2) is 47.1 Å². The van der Waals surface area contributed by atoms with Crippen LogP contribution in [0, 0.1) is 5.82 Å². The highest BCUT2D eigenvalue weighted by molar-refractivity contribution is 9.10. The van der Waals surface area contributed by atoms with E-state index in [0.717, 1.165) is 11.1 Å². The van der Waals surface area contributed by atoms with Crippen LogP contribution < -0.4 is 5.32 Å². The summed E-state index contributed by atoms with van der Waals surface area (Å²) in [7, 11) is 0. The summed E-state index contributed by atoms with van der Waals surface area (Å²) >= 11 is 9.35. The number of hydrogen-bond acceptors (Lipinski definition) is 1. The third-order valence-electron chi connectivity index (χ3n) is 3.10. The maximum absolute atomic E-state index is 13.2. The lowest BCUT2D eigenvalue weighted by Gasteiger charge is -2.11. The number of aromatic nitrogens is 1. The second-order valence-corrected chi connectivity index (χ2v) is 5.76. The maximum atomic E-state index is 13.2. The van der Waals surface area contributed by atoms with Crippen molar-refractivity contribution in [1.29, 1.82) is 0 Å². The van der Waals surface area contributed by atoms with E-state index in [-0.39, 0.29) is 5.82 Å². The zero-order valence-corrected chi connectivity index (χ0v) is 12.7. The lowest BCUT2D eigenvalue weighted by Crippen LogP contribution is -2.01. The summed E-state index contributed by atoms with van der Waals surface area (Å²) in [5, 5.41) is 4.76. The molecule has 0 amide bonds. The molecule has 0 spiro atoms. The van der Waals surface area contributed by atoms with Crippen LogP contribution in [0.1, 0.15) is 5.56 Å². The first-order valence-electron chi connectivity index (χ1n) is 6.08. The molecule has 0 bridgehead atoms. The van der Waals surface area contributed by atoms with Crippen molar-refractivity contribution in [2.75, 3.05) is 5.32 Å². The molecule has 2 N–H and O–H groups in total. The van der Waals surface area contributed by atoms with E-state index in [1.54, 1.807) is 0 Å². The fourth-order valence-electron chi connectivity index (χ4n) is 2.11. The molecule has 0 atom stereocenters. The van der Waals surface area contributed by atoms with Gasteiger partial charge in [-0.05, 0) is 51.1 Å². The van der Waals surface area contributed by atoms with E-state index in [1.807, 2.05) is 12.3 Å². The minimum atomic E-state index is -0.361. The van der Waals surface area contributed by atoms with E-state index >= 15 is 0 Å². The molecule has 5 heteroatoms. The summed E-state index contributed by atoms with van der Waals surface area (Å²) in [6.07, 6.45) is 1.91. The number of halogens is 3. The fourth-order valence-corrected chi connectivity index (χ4v) is 3.07. The summed E-state index contributed by atoms with van der Waals surface area (Å²) in [6.45, 7) is 0.610. The van der Waals surface area contributed by atoms with Gasteiger partial charge in [0.2, 0.25) is 0 Å². The average Bonchev–Trinajstić information content (AvgIpc) is 2.84. The van der Waals surface area contributed by atoms with Crippen molar-refractivity contribution in [3.8, 4) is 0 Å². The highest BCUT2D eigenvalue weighted by Gasteiger charge is 2.08. The van der Waals surface area contributed by atoms with Crippen molar-refractivity contribution in [2.45, 2.75) is 6.54 Å². The van der Waals surface area contributed by atoms with Crippen molar-refractivity contribution >= 4 is 44.1 Å². The minimum Gasteiger partial charge on any atom is -0.379 e. The van der Waals surface area contributed by atoms with Crippen LogP contribution in [0.3, 0.4) is 0 Å². The molecule has 0 saturated carbocycles. The zero-order chi connectivity index (χ0) is 14.1. The molecule has 0 radical (unpaired) electrons. The van der Waals surface area contributed by atoms with E-state index < -0.39 is 0 Å². The molecule has 0 saturated heterocycles. The van der Waals surface area contributed by atoms with Crippen LogP contribution in [-0.2, 0) is 6.54 Å². The first-order chi connectivity index (χ1) is 9.63. The highest BCUT2D eigenvalue weighted by atomic mass is 79.9. The van der Waals surface area contributed by atoms with Crippen LogP contribution >= 0.6 is 27.5 Å². The van der Waals surface area contributed by atoms with Gasteiger partial charge in [0.05, 0.1) is 10.7 Å². The molecule has 2 nitrogen and oxygen atoms in total. The number of rotatable bonds is 3. The molecule has 102 valence electrons.